The molecular weight excluding hydrogens is 272 g/mol. The standard InChI is InChI=1S/C19H24N2O/c1-5-20(3)18-12-10-16(11-13-18)19(22)21(4)14-17-9-7-6-8-15(17)2/h6-13H,5,14H2,1-4H3. The number of hydrogen-bond acceptors (Lipinski definition) is 2. The lowest BCUT2D eigenvalue weighted by molar-refractivity contribution is 0.0785. The highest BCUT2D eigenvalue weighted by Crippen LogP contribution is 2.16. The first-order valence-corrected chi connectivity index (χ1v) is 7.64. The van der Waals surface area contributed by atoms with E-state index in [0.717, 1.165) is 17.8 Å². The van der Waals surface area contributed by atoms with Gasteiger partial charge in [0, 0.05) is 38.4 Å². The van der Waals surface area contributed by atoms with E-state index in [1.54, 1.807) is 4.90 Å². The van der Waals surface area contributed by atoms with E-state index < -0.39 is 0 Å². The second kappa shape index (κ2) is 7.12. The van der Waals surface area contributed by atoms with Gasteiger partial charge in [0.15, 0.2) is 0 Å². The van der Waals surface area contributed by atoms with E-state index in [1.165, 1.54) is 11.1 Å². The van der Waals surface area contributed by atoms with Gasteiger partial charge in [0.2, 0.25) is 0 Å². The first-order valence-electron chi connectivity index (χ1n) is 7.64. The molecule has 2 rings (SSSR count). The molecule has 0 bridgehead atoms. The molecule has 116 valence electrons. The lowest BCUT2D eigenvalue weighted by atomic mass is 10.1. The SMILES string of the molecule is CCN(C)c1ccc(C(=O)N(C)Cc2ccccc2C)cc1. The third-order valence-electron chi connectivity index (χ3n) is 4.04. The Morgan fingerprint density at radius 1 is 1.00 bits per heavy atom. The highest BCUT2D eigenvalue weighted by atomic mass is 16.2. The molecule has 1 amide bonds. The van der Waals surface area contributed by atoms with Crippen LogP contribution in [0, 0.1) is 6.92 Å². The van der Waals surface area contributed by atoms with Gasteiger partial charge in [0.1, 0.15) is 0 Å². The molecule has 22 heavy (non-hydrogen) atoms. The fourth-order valence-electron chi connectivity index (χ4n) is 2.38. The van der Waals surface area contributed by atoms with Crippen LogP contribution in [0.5, 0.6) is 0 Å². The molecule has 0 heterocycles. The summed E-state index contributed by atoms with van der Waals surface area (Å²) in [6.07, 6.45) is 0. The lowest BCUT2D eigenvalue weighted by Gasteiger charge is -2.20. The molecule has 0 saturated carbocycles. The normalized spacial score (nSPS) is 10.4. The van der Waals surface area contributed by atoms with Crippen LogP contribution >= 0.6 is 0 Å². The third kappa shape index (κ3) is 3.67. The number of carbonyl (C=O) groups is 1. The van der Waals surface area contributed by atoms with Gasteiger partial charge < -0.3 is 9.80 Å². The molecule has 0 aliphatic rings. The molecule has 0 N–H and O–H groups in total. The van der Waals surface area contributed by atoms with E-state index in [9.17, 15) is 4.79 Å². The minimum Gasteiger partial charge on any atom is -0.375 e. The molecule has 0 radical (unpaired) electrons. The maximum Gasteiger partial charge on any atom is 0.253 e. The van der Waals surface area contributed by atoms with Gasteiger partial charge in [-0.3, -0.25) is 4.79 Å². The van der Waals surface area contributed by atoms with E-state index >= 15 is 0 Å². The van der Waals surface area contributed by atoms with Crippen LogP contribution in [0.1, 0.15) is 28.4 Å². The minimum atomic E-state index is 0.0500. The van der Waals surface area contributed by atoms with Gasteiger partial charge in [0.25, 0.3) is 5.91 Å². The van der Waals surface area contributed by atoms with Crippen LogP contribution in [0.25, 0.3) is 0 Å². The van der Waals surface area contributed by atoms with E-state index in [-0.39, 0.29) is 5.91 Å². The number of amides is 1. The van der Waals surface area contributed by atoms with Gasteiger partial charge in [-0.05, 0) is 49.2 Å². The summed E-state index contributed by atoms with van der Waals surface area (Å²) < 4.78 is 0. The molecule has 0 aliphatic heterocycles. The molecule has 0 aliphatic carbocycles. The summed E-state index contributed by atoms with van der Waals surface area (Å²) in [5.41, 5.74) is 4.24. The molecule has 3 nitrogen and oxygen atoms in total. The van der Waals surface area contributed by atoms with Gasteiger partial charge in [-0.25, -0.2) is 0 Å². The summed E-state index contributed by atoms with van der Waals surface area (Å²) in [6, 6.07) is 16.0. The maximum atomic E-state index is 12.5. The Kier molecular flexibility index (Phi) is 5.21. The number of rotatable bonds is 5. The third-order valence-corrected chi connectivity index (χ3v) is 4.04. The zero-order valence-corrected chi connectivity index (χ0v) is 13.8. The average molecular weight is 296 g/mol. The van der Waals surface area contributed by atoms with Crippen LogP contribution in [0.2, 0.25) is 0 Å². The van der Waals surface area contributed by atoms with E-state index in [1.807, 2.05) is 50.5 Å². The highest BCUT2D eigenvalue weighted by Gasteiger charge is 2.13. The molecule has 0 unspecified atom stereocenters. The van der Waals surface area contributed by atoms with Crippen molar-refractivity contribution >= 4 is 11.6 Å². The molecule has 0 saturated heterocycles. The highest BCUT2D eigenvalue weighted by molar-refractivity contribution is 5.94. The van der Waals surface area contributed by atoms with E-state index in [2.05, 4.69) is 30.9 Å². The fourth-order valence-corrected chi connectivity index (χ4v) is 2.38. The number of anilines is 1. The molecule has 0 atom stereocenters. The van der Waals surface area contributed by atoms with Gasteiger partial charge in [-0.2, -0.15) is 0 Å². The predicted octanol–water partition coefficient (Wildman–Crippen LogP) is 3.72. The van der Waals surface area contributed by atoms with Crippen LogP contribution in [-0.4, -0.2) is 31.4 Å². The van der Waals surface area contributed by atoms with Crippen molar-refractivity contribution in [1.82, 2.24) is 4.90 Å². The van der Waals surface area contributed by atoms with Gasteiger partial charge in [0.05, 0.1) is 0 Å². The molecule has 0 spiro atoms. The van der Waals surface area contributed by atoms with Crippen molar-refractivity contribution < 1.29 is 4.79 Å². The molecule has 0 fully saturated rings. The van der Waals surface area contributed by atoms with Crippen LogP contribution in [0.3, 0.4) is 0 Å². The summed E-state index contributed by atoms with van der Waals surface area (Å²) in [5, 5.41) is 0. The number of nitrogens with zero attached hydrogens (tertiary/aromatic N) is 2. The Bertz CT molecular complexity index is 634. The Hall–Kier alpha value is -2.29. The van der Waals surface area contributed by atoms with Gasteiger partial charge >= 0.3 is 0 Å². The Labute approximate surface area is 133 Å². The predicted molar refractivity (Wildman–Crippen MR) is 92.4 cm³/mol. The van der Waals surface area contributed by atoms with Crippen LogP contribution in [-0.2, 0) is 6.54 Å². The molecule has 3 heteroatoms. The number of aryl methyl sites for hydroxylation is 1. The summed E-state index contributed by atoms with van der Waals surface area (Å²) in [7, 11) is 3.89. The Morgan fingerprint density at radius 2 is 1.64 bits per heavy atom. The first-order chi connectivity index (χ1) is 10.5. The summed E-state index contributed by atoms with van der Waals surface area (Å²) in [4.78, 5) is 16.4. The van der Waals surface area contributed by atoms with Crippen molar-refractivity contribution in [3.05, 3.63) is 65.2 Å². The first kappa shape index (κ1) is 16.1. The van der Waals surface area contributed by atoms with Crippen LogP contribution < -0.4 is 4.90 Å². The minimum absolute atomic E-state index is 0.0500. The molecular formula is C19H24N2O. The smallest absolute Gasteiger partial charge is 0.253 e. The average Bonchev–Trinajstić information content (AvgIpc) is 2.55. The summed E-state index contributed by atoms with van der Waals surface area (Å²) in [5.74, 6) is 0.0500. The van der Waals surface area contributed by atoms with Crippen LogP contribution in [0.15, 0.2) is 48.5 Å². The lowest BCUT2D eigenvalue weighted by Crippen LogP contribution is -2.26. The largest absolute Gasteiger partial charge is 0.375 e. The fraction of sp³-hybridized carbons (Fsp3) is 0.316. The maximum absolute atomic E-state index is 12.5. The van der Waals surface area contributed by atoms with E-state index in [0.29, 0.717) is 6.54 Å². The van der Waals surface area contributed by atoms with Crippen molar-refractivity contribution in [1.29, 1.82) is 0 Å². The van der Waals surface area contributed by atoms with Crippen molar-refractivity contribution in [3.63, 3.8) is 0 Å². The van der Waals surface area contributed by atoms with Crippen molar-refractivity contribution in [2.24, 2.45) is 0 Å². The van der Waals surface area contributed by atoms with Crippen molar-refractivity contribution in [2.75, 3.05) is 25.5 Å². The van der Waals surface area contributed by atoms with Crippen LogP contribution in [0.4, 0.5) is 5.69 Å². The quantitative estimate of drug-likeness (QED) is 0.839. The number of benzene rings is 2. The van der Waals surface area contributed by atoms with Gasteiger partial charge in [-0.1, -0.05) is 24.3 Å². The number of carbonyl (C=O) groups excluding carboxylic acids is 1. The Morgan fingerprint density at radius 3 is 2.23 bits per heavy atom. The summed E-state index contributed by atoms with van der Waals surface area (Å²) in [6.45, 7) is 5.75. The molecule has 0 aromatic heterocycles. The molecule has 2 aromatic rings. The zero-order valence-electron chi connectivity index (χ0n) is 13.8. The Balaban J connectivity index is 2.09. The topological polar surface area (TPSA) is 23.6 Å². The second-order valence-corrected chi connectivity index (χ2v) is 5.65. The monoisotopic (exact) mass is 296 g/mol. The van der Waals surface area contributed by atoms with Gasteiger partial charge in [-0.15, -0.1) is 0 Å². The summed E-state index contributed by atoms with van der Waals surface area (Å²) >= 11 is 0. The van der Waals surface area contributed by atoms with Crippen molar-refractivity contribution in [3.8, 4) is 0 Å². The number of hydrogen-bond donors (Lipinski definition) is 0. The van der Waals surface area contributed by atoms with E-state index in [4.69, 9.17) is 0 Å². The van der Waals surface area contributed by atoms with Crippen molar-refractivity contribution in [2.45, 2.75) is 20.4 Å². The second-order valence-electron chi connectivity index (χ2n) is 5.65. The molecule has 2 aromatic carbocycles. The zero-order chi connectivity index (χ0) is 16.1.